The van der Waals surface area contributed by atoms with Crippen LogP contribution in [0, 0.1) is 18.7 Å². The van der Waals surface area contributed by atoms with Crippen LogP contribution in [0.3, 0.4) is 0 Å². The molecule has 0 radical (unpaired) electrons. The Balaban J connectivity index is 1.95. The third-order valence-corrected chi connectivity index (χ3v) is 3.61. The van der Waals surface area contributed by atoms with E-state index in [-0.39, 0.29) is 12.4 Å². The van der Waals surface area contributed by atoms with Crippen molar-refractivity contribution in [3.63, 3.8) is 0 Å². The maximum absolute atomic E-state index is 13.2. The van der Waals surface area contributed by atoms with Crippen LogP contribution in [0.4, 0.5) is 4.39 Å². The van der Waals surface area contributed by atoms with Crippen molar-refractivity contribution in [2.45, 2.75) is 26.3 Å². The van der Waals surface area contributed by atoms with Gasteiger partial charge in [0, 0.05) is 19.7 Å². The lowest BCUT2D eigenvalue weighted by molar-refractivity contribution is 0.249. The predicted octanol–water partition coefficient (Wildman–Crippen LogP) is 2.34. The lowest BCUT2D eigenvalue weighted by atomic mass is 10.1. The fourth-order valence-corrected chi connectivity index (χ4v) is 2.53. The van der Waals surface area contributed by atoms with Gasteiger partial charge < -0.3 is 5.11 Å². The molecule has 2 rings (SSSR count). The molecule has 1 aliphatic rings. The van der Waals surface area contributed by atoms with E-state index < -0.39 is 0 Å². The highest BCUT2D eigenvalue weighted by Gasteiger charge is 2.22. The van der Waals surface area contributed by atoms with E-state index >= 15 is 0 Å². The number of hydrogen-bond acceptors (Lipinski definition) is 2. The van der Waals surface area contributed by atoms with E-state index in [2.05, 4.69) is 4.90 Å². The van der Waals surface area contributed by atoms with E-state index in [1.54, 1.807) is 6.07 Å². The van der Waals surface area contributed by atoms with Crippen LogP contribution >= 0.6 is 0 Å². The first kappa shape index (κ1) is 12.5. The van der Waals surface area contributed by atoms with Crippen molar-refractivity contribution >= 4 is 0 Å². The van der Waals surface area contributed by atoms with E-state index in [9.17, 15) is 4.39 Å². The summed E-state index contributed by atoms with van der Waals surface area (Å²) in [6, 6.07) is 4.98. The maximum atomic E-state index is 13.2. The molecule has 0 amide bonds. The van der Waals surface area contributed by atoms with Crippen molar-refractivity contribution in [3.8, 4) is 0 Å². The number of nitrogens with zero attached hydrogens (tertiary/aromatic N) is 1. The fraction of sp³-hybridized carbons (Fsp3) is 0.571. The van der Waals surface area contributed by atoms with Crippen LogP contribution in [0.2, 0.25) is 0 Å². The first-order chi connectivity index (χ1) is 8.19. The van der Waals surface area contributed by atoms with Gasteiger partial charge in [-0.2, -0.15) is 0 Å². The first-order valence-corrected chi connectivity index (χ1v) is 6.27. The smallest absolute Gasteiger partial charge is 0.123 e. The summed E-state index contributed by atoms with van der Waals surface area (Å²) in [5.74, 6) is 0.450. The molecule has 0 bridgehead atoms. The first-order valence-electron chi connectivity index (χ1n) is 6.27. The van der Waals surface area contributed by atoms with Gasteiger partial charge in [-0.15, -0.1) is 0 Å². The van der Waals surface area contributed by atoms with Gasteiger partial charge in [-0.25, -0.2) is 4.39 Å². The third kappa shape index (κ3) is 3.27. The molecule has 17 heavy (non-hydrogen) atoms. The van der Waals surface area contributed by atoms with E-state index in [4.69, 9.17) is 5.11 Å². The zero-order valence-electron chi connectivity index (χ0n) is 10.3. The summed E-state index contributed by atoms with van der Waals surface area (Å²) in [6.45, 7) is 5.20. The monoisotopic (exact) mass is 237 g/mol. The zero-order valence-corrected chi connectivity index (χ0v) is 10.3. The Morgan fingerprint density at radius 2 is 2.29 bits per heavy atom. The fourth-order valence-electron chi connectivity index (χ4n) is 2.53. The Kier molecular flexibility index (Phi) is 4.13. The number of aliphatic hydroxyl groups is 1. The van der Waals surface area contributed by atoms with Crippen LogP contribution < -0.4 is 0 Å². The normalized spacial score (nSPS) is 21.0. The number of halogens is 1. The topological polar surface area (TPSA) is 23.5 Å². The molecule has 94 valence electrons. The highest BCUT2D eigenvalue weighted by molar-refractivity contribution is 5.26. The van der Waals surface area contributed by atoms with Crippen LogP contribution in [0.5, 0.6) is 0 Å². The summed E-state index contributed by atoms with van der Waals surface area (Å²) in [6.07, 6.45) is 2.04. The second-order valence-electron chi connectivity index (χ2n) is 4.97. The van der Waals surface area contributed by atoms with E-state index in [0.29, 0.717) is 5.92 Å². The summed E-state index contributed by atoms with van der Waals surface area (Å²) in [5.41, 5.74) is 2.23. The van der Waals surface area contributed by atoms with Crippen LogP contribution in [0.15, 0.2) is 18.2 Å². The molecule has 0 spiro atoms. The molecular formula is C14H20FNO. The van der Waals surface area contributed by atoms with E-state index in [0.717, 1.165) is 43.6 Å². The van der Waals surface area contributed by atoms with Gasteiger partial charge in [0.15, 0.2) is 0 Å². The number of aliphatic hydroxyl groups excluding tert-OH is 1. The van der Waals surface area contributed by atoms with Crippen LogP contribution in [0.25, 0.3) is 0 Å². The molecule has 1 aromatic rings. The quantitative estimate of drug-likeness (QED) is 0.869. The highest BCUT2D eigenvalue weighted by Crippen LogP contribution is 2.22. The largest absolute Gasteiger partial charge is 0.396 e. The standard InChI is InChI=1S/C14H20FNO/c1-11-2-3-14(15)8-13(11)10-16-6-4-12(9-16)5-7-17/h2-3,8,12,17H,4-7,9-10H2,1H3. The Hall–Kier alpha value is -0.930. The molecule has 1 unspecified atom stereocenters. The Bertz CT molecular complexity index is 380. The minimum atomic E-state index is -0.156. The summed E-state index contributed by atoms with van der Waals surface area (Å²) in [7, 11) is 0. The summed E-state index contributed by atoms with van der Waals surface area (Å²) in [4.78, 5) is 2.35. The SMILES string of the molecule is Cc1ccc(F)cc1CN1CCC(CCO)C1. The zero-order chi connectivity index (χ0) is 12.3. The van der Waals surface area contributed by atoms with Crippen molar-refractivity contribution in [1.29, 1.82) is 0 Å². The molecular weight excluding hydrogens is 217 g/mol. The average Bonchev–Trinajstić information content (AvgIpc) is 2.72. The van der Waals surface area contributed by atoms with Gasteiger partial charge in [0.2, 0.25) is 0 Å². The Morgan fingerprint density at radius 3 is 3.06 bits per heavy atom. The molecule has 3 heteroatoms. The van der Waals surface area contributed by atoms with Crippen LogP contribution in [0.1, 0.15) is 24.0 Å². The highest BCUT2D eigenvalue weighted by atomic mass is 19.1. The average molecular weight is 237 g/mol. The number of rotatable bonds is 4. The van der Waals surface area contributed by atoms with Gasteiger partial charge in [-0.1, -0.05) is 6.07 Å². The predicted molar refractivity (Wildman–Crippen MR) is 66.2 cm³/mol. The van der Waals surface area contributed by atoms with E-state index in [1.165, 1.54) is 6.07 Å². The maximum Gasteiger partial charge on any atom is 0.123 e. The molecule has 1 aromatic carbocycles. The second kappa shape index (κ2) is 5.61. The lowest BCUT2D eigenvalue weighted by Crippen LogP contribution is -2.21. The van der Waals surface area contributed by atoms with Crippen molar-refractivity contribution in [3.05, 3.63) is 35.1 Å². The molecule has 0 saturated carbocycles. The minimum Gasteiger partial charge on any atom is -0.396 e. The van der Waals surface area contributed by atoms with Crippen LogP contribution in [-0.4, -0.2) is 29.7 Å². The number of likely N-dealkylation sites (tertiary alicyclic amines) is 1. The molecule has 1 saturated heterocycles. The summed E-state index contributed by atoms with van der Waals surface area (Å²) >= 11 is 0. The molecule has 2 nitrogen and oxygen atoms in total. The van der Waals surface area contributed by atoms with E-state index in [1.807, 2.05) is 13.0 Å². The van der Waals surface area contributed by atoms with Crippen molar-refractivity contribution in [2.24, 2.45) is 5.92 Å². The number of benzene rings is 1. The van der Waals surface area contributed by atoms with Gasteiger partial charge >= 0.3 is 0 Å². The minimum absolute atomic E-state index is 0.156. The molecule has 1 atom stereocenters. The molecule has 1 fully saturated rings. The second-order valence-corrected chi connectivity index (χ2v) is 4.97. The van der Waals surface area contributed by atoms with Gasteiger partial charge in [0.05, 0.1) is 0 Å². The molecule has 1 aliphatic heterocycles. The van der Waals surface area contributed by atoms with Gasteiger partial charge in [-0.05, 0) is 55.5 Å². The van der Waals surface area contributed by atoms with Gasteiger partial charge in [0.25, 0.3) is 0 Å². The molecule has 0 aromatic heterocycles. The molecule has 0 aliphatic carbocycles. The van der Waals surface area contributed by atoms with Crippen molar-refractivity contribution < 1.29 is 9.50 Å². The number of hydrogen-bond donors (Lipinski definition) is 1. The Morgan fingerprint density at radius 1 is 1.47 bits per heavy atom. The van der Waals surface area contributed by atoms with Crippen molar-refractivity contribution in [2.75, 3.05) is 19.7 Å². The molecule has 1 N–H and O–H groups in total. The number of aryl methyl sites for hydroxylation is 1. The summed E-state index contributed by atoms with van der Waals surface area (Å²) < 4.78 is 13.2. The Labute approximate surface area is 102 Å². The van der Waals surface area contributed by atoms with Crippen LogP contribution in [-0.2, 0) is 6.54 Å². The van der Waals surface area contributed by atoms with Crippen molar-refractivity contribution in [1.82, 2.24) is 4.90 Å². The lowest BCUT2D eigenvalue weighted by Gasteiger charge is -2.17. The molecule has 1 heterocycles. The summed E-state index contributed by atoms with van der Waals surface area (Å²) in [5, 5.41) is 8.92. The van der Waals surface area contributed by atoms with Gasteiger partial charge in [0.1, 0.15) is 5.82 Å². The third-order valence-electron chi connectivity index (χ3n) is 3.61. The van der Waals surface area contributed by atoms with Gasteiger partial charge in [-0.3, -0.25) is 4.90 Å².